The molecule has 2 nitrogen and oxygen atoms in total. The van der Waals surface area contributed by atoms with Crippen molar-refractivity contribution in [1.82, 2.24) is 0 Å². The van der Waals surface area contributed by atoms with Crippen LogP contribution >= 0.6 is 0 Å². The molecular weight excluding hydrogens is 344 g/mol. The minimum atomic E-state index is -0.0462. The van der Waals surface area contributed by atoms with Gasteiger partial charge in [-0.15, -0.1) is 0 Å². The molecule has 0 N–H and O–H groups in total. The van der Waals surface area contributed by atoms with Gasteiger partial charge in [0.05, 0.1) is 6.61 Å². The van der Waals surface area contributed by atoms with Crippen LogP contribution in [0.3, 0.4) is 0 Å². The molecule has 158 valence electrons. The number of benzene rings is 1. The number of allylic oxidation sites excluding steroid dienone is 2. The Bertz CT molecular complexity index is 545. The van der Waals surface area contributed by atoms with Crippen LogP contribution in [-0.4, -0.2) is 18.8 Å². The van der Waals surface area contributed by atoms with E-state index in [2.05, 4.69) is 44.2 Å². The van der Waals surface area contributed by atoms with Crippen LogP contribution in [0, 0.1) is 0 Å². The van der Waals surface area contributed by atoms with Gasteiger partial charge in [-0.3, -0.25) is 0 Å². The third kappa shape index (κ3) is 10.9. The maximum Gasteiger partial charge on any atom is 0.123 e. The summed E-state index contributed by atoms with van der Waals surface area (Å²) in [5.41, 5.74) is 1.32. The molecule has 0 amide bonds. The van der Waals surface area contributed by atoms with E-state index in [0.717, 1.165) is 18.8 Å². The molecule has 0 radical (unpaired) electrons. The quantitative estimate of drug-likeness (QED) is 0.156. The molecule has 0 spiro atoms. The van der Waals surface area contributed by atoms with E-state index in [1.807, 2.05) is 6.07 Å². The Morgan fingerprint density at radius 2 is 1.57 bits per heavy atom. The van der Waals surface area contributed by atoms with Gasteiger partial charge in [0, 0.05) is 0 Å². The minimum Gasteiger partial charge on any atom is -0.490 e. The van der Waals surface area contributed by atoms with Gasteiger partial charge in [0.25, 0.3) is 0 Å². The molecule has 1 aromatic carbocycles. The standard InChI is InChI=1S/C26H42O2/c1-3-4-5-6-7-8-9-10-11-12-13-14-15-16-18-24-19-17-20-25(21-24)27-22-26(2)23-28-26/h13-14,17,19-21H,3-12,15-16,18,22-23H2,1-2H3/b14-13+. The van der Waals surface area contributed by atoms with Crippen molar-refractivity contribution in [3.8, 4) is 5.75 Å². The molecule has 2 heteroatoms. The van der Waals surface area contributed by atoms with E-state index in [1.165, 1.54) is 82.6 Å². The summed E-state index contributed by atoms with van der Waals surface area (Å²) in [5.74, 6) is 0.968. The van der Waals surface area contributed by atoms with E-state index in [4.69, 9.17) is 9.47 Å². The first-order valence-electron chi connectivity index (χ1n) is 11.7. The molecular formula is C26H42O2. The first kappa shape index (κ1) is 23.0. The summed E-state index contributed by atoms with van der Waals surface area (Å²) in [7, 11) is 0. The van der Waals surface area contributed by atoms with E-state index < -0.39 is 0 Å². The molecule has 2 rings (SSSR count). The summed E-state index contributed by atoms with van der Waals surface area (Å²) in [4.78, 5) is 0. The second-order valence-electron chi connectivity index (χ2n) is 8.66. The Morgan fingerprint density at radius 1 is 0.929 bits per heavy atom. The van der Waals surface area contributed by atoms with Crippen LogP contribution in [0.5, 0.6) is 5.75 Å². The molecule has 0 bridgehead atoms. The summed E-state index contributed by atoms with van der Waals surface area (Å²) in [6.07, 6.45) is 22.2. The highest BCUT2D eigenvalue weighted by Gasteiger charge is 2.40. The van der Waals surface area contributed by atoms with E-state index in [9.17, 15) is 0 Å². The molecule has 0 aliphatic carbocycles. The third-order valence-corrected chi connectivity index (χ3v) is 5.56. The number of aryl methyl sites for hydroxylation is 1. The molecule has 1 unspecified atom stereocenters. The monoisotopic (exact) mass is 386 g/mol. The topological polar surface area (TPSA) is 21.8 Å². The number of unbranched alkanes of at least 4 members (excludes halogenated alkanes) is 10. The summed E-state index contributed by atoms with van der Waals surface area (Å²) >= 11 is 0. The highest BCUT2D eigenvalue weighted by atomic mass is 16.6. The van der Waals surface area contributed by atoms with Crippen molar-refractivity contribution in [1.29, 1.82) is 0 Å². The van der Waals surface area contributed by atoms with Crippen molar-refractivity contribution < 1.29 is 9.47 Å². The fourth-order valence-corrected chi connectivity index (χ4v) is 3.47. The predicted molar refractivity (Wildman–Crippen MR) is 120 cm³/mol. The highest BCUT2D eigenvalue weighted by Crippen LogP contribution is 2.27. The average Bonchev–Trinajstić information content (AvgIpc) is 3.45. The molecule has 1 aromatic rings. The molecule has 0 saturated carbocycles. The van der Waals surface area contributed by atoms with Crippen molar-refractivity contribution >= 4 is 0 Å². The maximum atomic E-state index is 5.86. The van der Waals surface area contributed by atoms with Gasteiger partial charge in [-0.1, -0.05) is 82.6 Å². The average molecular weight is 387 g/mol. The second kappa shape index (κ2) is 13.8. The molecule has 1 aliphatic rings. The van der Waals surface area contributed by atoms with E-state index >= 15 is 0 Å². The van der Waals surface area contributed by atoms with E-state index in [0.29, 0.717) is 6.61 Å². The first-order chi connectivity index (χ1) is 13.7. The Balaban J connectivity index is 1.43. The minimum absolute atomic E-state index is 0.0462. The highest BCUT2D eigenvalue weighted by molar-refractivity contribution is 5.28. The Labute approximate surface area is 173 Å². The summed E-state index contributed by atoms with van der Waals surface area (Å²) < 4.78 is 11.2. The van der Waals surface area contributed by atoms with Crippen molar-refractivity contribution in [2.75, 3.05) is 13.2 Å². The lowest BCUT2D eigenvalue weighted by Gasteiger charge is -2.10. The van der Waals surface area contributed by atoms with Crippen molar-refractivity contribution in [2.24, 2.45) is 0 Å². The number of hydrogen-bond donors (Lipinski definition) is 0. The zero-order chi connectivity index (χ0) is 19.9. The molecule has 1 saturated heterocycles. The summed E-state index contributed by atoms with van der Waals surface area (Å²) in [6.45, 7) is 5.85. The number of rotatable bonds is 17. The lowest BCUT2D eigenvalue weighted by atomic mass is 10.1. The van der Waals surface area contributed by atoms with Crippen LogP contribution in [0.1, 0.15) is 96.5 Å². The van der Waals surface area contributed by atoms with E-state index in [-0.39, 0.29) is 5.60 Å². The Morgan fingerprint density at radius 3 is 2.25 bits per heavy atom. The van der Waals surface area contributed by atoms with Gasteiger partial charge in [0.15, 0.2) is 0 Å². The SMILES string of the molecule is CCCCCCCCCCC/C=C/CCCc1cccc(OCC2(C)CO2)c1. The molecule has 1 fully saturated rings. The first-order valence-corrected chi connectivity index (χ1v) is 11.7. The number of ether oxygens (including phenoxy) is 2. The van der Waals surface area contributed by atoms with Crippen LogP contribution in [-0.2, 0) is 11.2 Å². The van der Waals surface area contributed by atoms with Gasteiger partial charge in [0.1, 0.15) is 18.0 Å². The molecule has 1 aliphatic heterocycles. The van der Waals surface area contributed by atoms with Crippen molar-refractivity contribution in [3.05, 3.63) is 42.0 Å². The van der Waals surface area contributed by atoms with Crippen LogP contribution in [0.25, 0.3) is 0 Å². The van der Waals surface area contributed by atoms with Crippen LogP contribution < -0.4 is 4.74 Å². The smallest absolute Gasteiger partial charge is 0.123 e. The molecule has 28 heavy (non-hydrogen) atoms. The van der Waals surface area contributed by atoms with Gasteiger partial charge >= 0.3 is 0 Å². The third-order valence-electron chi connectivity index (χ3n) is 5.56. The summed E-state index contributed by atoms with van der Waals surface area (Å²) in [5, 5.41) is 0. The van der Waals surface area contributed by atoms with Gasteiger partial charge in [-0.25, -0.2) is 0 Å². The molecule has 1 heterocycles. The predicted octanol–water partition coefficient (Wildman–Crippen LogP) is 7.65. The lowest BCUT2D eigenvalue weighted by Crippen LogP contribution is -2.16. The van der Waals surface area contributed by atoms with Crippen molar-refractivity contribution in [3.63, 3.8) is 0 Å². The Kier molecular flexibility index (Phi) is 11.4. The van der Waals surface area contributed by atoms with Crippen LogP contribution in [0.4, 0.5) is 0 Å². The lowest BCUT2D eigenvalue weighted by molar-refractivity contribution is 0.202. The molecule has 0 aromatic heterocycles. The fraction of sp³-hybridized carbons (Fsp3) is 0.692. The second-order valence-corrected chi connectivity index (χ2v) is 8.66. The largest absolute Gasteiger partial charge is 0.490 e. The summed E-state index contributed by atoms with van der Waals surface area (Å²) in [6, 6.07) is 8.52. The zero-order valence-electron chi connectivity index (χ0n) is 18.4. The van der Waals surface area contributed by atoms with E-state index in [1.54, 1.807) is 0 Å². The zero-order valence-corrected chi connectivity index (χ0v) is 18.4. The van der Waals surface area contributed by atoms with Gasteiger partial charge in [-0.05, 0) is 56.7 Å². The van der Waals surface area contributed by atoms with Gasteiger partial charge < -0.3 is 9.47 Å². The number of epoxide rings is 1. The fourth-order valence-electron chi connectivity index (χ4n) is 3.47. The normalized spacial score (nSPS) is 18.6. The van der Waals surface area contributed by atoms with Crippen LogP contribution in [0.2, 0.25) is 0 Å². The van der Waals surface area contributed by atoms with Crippen LogP contribution in [0.15, 0.2) is 36.4 Å². The van der Waals surface area contributed by atoms with Gasteiger partial charge in [-0.2, -0.15) is 0 Å². The maximum absolute atomic E-state index is 5.86. The van der Waals surface area contributed by atoms with Crippen molar-refractivity contribution in [2.45, 2.75) is 103 Å². The molecule has 1 atom stereocenters. The number of hydrogen-bond acceptors (Lipinski definition) is 2. The Hall–Kier alpha value is -1.28. The van der Waals surface area contributed by atoms with Gasteiger partial charge in [0.2, 0.25) is 0 Å².